The SMILES string of the molecule is Cc1cc(F)ccc1CCNc1ccc(C(=O)O)cc1N. The third-order valence-corrected chi connectivity index (χ3v) is 3.31. The molecular weight excluding hydrogens is 271 g/mol. The van der Waals surface area contributed by atoms with Crippen molar-refractivity contribution in [3.63, 3.8) is 0 Å². The van der Waals surface area contributed by atoms with Gasteiger partial charge >= 0.3 is 5.97 Å². The van der Waals surface area contributed by atoms with E-state index in [9.17, 15) is 9.18 Å². The normalized spacial score (nSPS) is 10.4. The fourth-order valence-electron chi connectivity index (χ4n) is 2.13. The van der Waals surface area contributed by atoms with Crippen molar-refractivity contribution in [1.29, 1.82) is 0 Å². The molecule has 110 valence electrons. The zero-order valence-corrected chi connectivity index (χ0v) is 11.7. The molecule has 0 bridgehead atoms. The number of nitrogen functional groups attached to an aromatic ring is 1. The van der Waals surface area contributed by atoms with Crippen LogP contribution in [0, 0.1) is 12.7 Å². The van der Waals surface area contributed by atoms with Crippen molar-refractivity contribution in [2.45, 2.75) is 13.3 Å². The minimum absolute atomic E-state index is 0.160. The predicted octanol–water partition coefficient (Wildman–Crippen LogP) is 3.07. The first-order chi connectivity index (χ1) is 9.97. The molecule has 2 aromatic carbocycles. The van der Waals surface area contributed by atoms with Gasteiger partial charge in [0, 0.05) is 6.54 Å². The number of hydrogen-bond acceptors (Lipinski definition) is 3. The molecule has 0 atom stereocenters. The second-order valence-electron chi connectivity index (χ2n) is 4.85. The molecule has 21 heavy (non-hydrogen) atoms. The zero-order valence-electron chi connectivity index (χ0n) is 11.7. The molecule has 0 saturated carbocycles. The number of nitrogens with one attached hydrogen (secondary N) is 1. The number of aromatic carboxylic acids is 1. The highest BCUT2D eigenvalue weighted by Crippen LogP contribution is 2.20. The number of nitrogens with two attached hydrogens (primary N) is 1. The molecule has 0 spiro atoms. The van der Waals surface area contributed by atoms with Crippen molar-refractivity contribution < 1.29 is 14.3 Å². The number of halogens is 1. The van der Waals surface area contributed by atoms with Gasteiger partial charge in [-0.3, -0.25) is 0 Å². The number of hydrogen-bond donors (Lipinski definition) is 3. The Morgan fingerprint density at radius 3 is 2.67 bits per heavy atom. The third-order valence-electron chi connectivity index (χ3n) is 3.31. The van der Waals surface area contributed by atoms with Crippen LogP contribution in [0.1, 0.15) is 21.5 Å². The van der Waals surface area contributed by atoms with Crippen molar-refractivity contribution in [2.75, 3.05) is 17.6 Å². The first-order valence-corrected chi connectivity index (χ1v) is 6.59. The molecule has 5 heteroatoms. The molecule has 0 amide bonds. The lowest BCUT2D eigenvalue weighted by atomic mass is 10.1. The molecule has 0 aliphatic heterocycles. The molecule has 0 radical (unpaired) electrons. The van der Waals surface area contributed by atoms with Gasteiger partial charge in [-0.1, -0.05) is 6.07 Å². The summed E-state index contributed by atoms with van der Waals surface area (Å²) in [4.78, 5) is 10.8. The maximum absolute atomic E-state index is 13.0. The van der Waals surface area contributed by atoms with Crippen LogP contribution >= 0.6 is 0 Å². The Hall–Kier alpha value is -2.56. The molecule has 0 aliphatic rings. The van der Waals surface area contributed by atoms with Crippen molar-refractivity contribution >= 4 is 17.3 Å². The maximum Gasteiger partial charge on any atom is 0.335 e. The summed E-state index contributed by atoms with van der Waals surface area (Å²) in [5, 5.41) is 12.0. The van der Waals surface area contributed by atoms with Crippen LogP contribution < -0.4 is 11.1 Å². The van der Waals surface area contributed by atoms with Crippen LogP contribution in [0.2, 0.25) is 0 Å². The average Bonchev–Trinajstić information content (AvgIpc) is 2.42. The number of carboxylic acid groups (broad SMARTS) is 1. The van der Waals surface area contributed by atoms with Gasteiger partial charge in [0.2, 0.25) is 0 Å². The van der Waals surface area contributed by atoms with Gasteiger partial charge < -0.3 is 16.2 Å². The van der Waals surface area contributed by atoms with E-state index in [1.54, 1.807) is 12.1 Å². The predicted molar refractivity (Wildman–Crippen MR) is 81.1 cm³/mol. The van der Waals surface area contributed by atoms with Crippen molar-refractivity contribution in [3.8, 4) is 0 Å². The minimum Gasteiger partial charge on any atom is -0.478 e. The van der Waals surface area contributed by atoms with E-state index in [2.05, 4.69) is 5.32 Å². The molecular formula is C16H17FN2O2. The summed E-state index contributed by atoms with van der Waals surface area (Å²) in [5.41, 5.74) is 9.03. The summed E-state index contributed by atoms with van der Waals surface area (Å²) in [5.74, 6) is -1.24. The zero-order chi connectivity index (χ0) is 15.4. The lowest BCUT2D eigenvalue weighted by Crippen LogP contribution is -2.08. The van der Waals surface area contributed by atoms with Gasteiger partial charge in [0.15, 0.2) is 0 Å². The topological polar surface area (TPSA) is 75.3 Å². The monoisotopic (exact) mass is 288 g/mol. The highest BCUT2D eigenvalue weighted by molar-refractivity contribution is 5.90. The summed E-state index contributed by atoms with van der Waals surface area (Å²) in [7, 11) is 0. The number of benzene rings is 2. The number of aryl methyl sites for hydroxylation is 1. The molecule has 0 aliphatic carbocycles. The summed E-state index contributed by atoms with van der Waals surface area (Å²) in [6, 6.07) is 9.29. The quantitative estimate of drug-likeness (QED) is 0.739. The molecule has 0 aromatic heterocycles. The van der Waals surface area contributed by atoms with Crippen LogP contribution in [0.15, 0.2) is 36.4 Å². The van der Waals surface area contributed by atoms with Gasteiger partial charge in [-0.15, -0.1) is 0 Å². The minimum atomic E-state index is -1.00. The van der Waals surface area contributed by atoms with E-state index >= 15 is 0 Å². The van der Waals surface area contributed by atoms with Gasteiger partial charge in [0.1, 0.15) is 5.82 Å². The van der Waals surface area contributed by atoms with Crippen LogP contribution in [0.25, 0.3) is 0 Å². The number of carbonyl (C=O) groups is 1. The lowest BCUT2D eigenvalue weighted by molar-refractivity contribution is 0.0697. The van der Waals surface area contributed by atoms with Crippen molar-refractivity contribution in [1.82, 2.24) is 0 Å². The van der Waals surface area contributed by atoms with E-state index in [4.69, 9.17) is 10.8 Å². The molecule has 0 fully saturated rings. The second-order valence-corrected chi connectivity index (χ2v) is 4.85. The van der Waals surface area contributed by atoms with Gasteiger partial charge in [0.25, 0.3) is 0 Å². The Kier molecular flexibility index (Phi) is 4.42. The van der Waals surface area contributed by atoms with Crippen LogP contribution in [0.5, 0.6) is 0 Å². The largest absolute Gasteiger partial charge is 0.478 e. The molecule has 2 rings (SSSR count). The Morgan fingerprint density at radius 2 is 2.05 bits per heavy atom. The van der Waals surface area contributed by atoms with Crippen molar-refractivity contribution in [3.05, 3.63) is 58.9 Å². The molecule has 0 saturated heterocycles. The van der Waals surface area contributed by atoms with E-state index in [0.717, 1.165) is 17.5 Å². The molecule has 2 aromatic rings. The van der Waals surface area contributed by atoms with Crippen LogP contribution in [0.4, 0.5) is 15.8 Å². The second kappa shape index (κ2) is 6.26. The van der Waals surface area contributed by atoms with Gasteiger partial charge in [-0.05, 0) is 54.8 Å². The Morgan fingerprint density at radius 1 is 1.29 bits per heavy atom. The fourth-order valence-corrected chi connectivity index (χ4v) is 2.13. The van der Waals surface area contributed by atoms with E-state index in [0.29, 0.717) is 17.9 Å². The highest BCUT2D eigenvalue weighted by atomic mass is 19.1. The van der Waals surface area contributed by atoms with Gasteiger partial charge in [-0.2, -0.15) is 0 Å². The number of carboxylic acids is 1. The standard InChI is InChI=1S/C16H17FN2O2/c1-10-8-13(17)4-2-11(10)6-7-19-15-5-3-12(16(20)21)9-14(15)18/h2-5,8-9,19H,6-7,18H2,1H3,(H,20,21). The van der Waals surface area contributed by atoms with Crippen LogP contribution in [-0.2, 0) is 6.42 Å². The van der Waals surface area contributed by atoms with Crippen molar-refractivity contribution in [2.24, 2.45) is 0 Å². The van der Waals surface area contributed by atoms with Gasteiger partial charge in [0.05, 0.1) is 16.9 Å². The average molecular weight is 288 g/mol. The Balaban J connectivity index is 1.99. The summed E-state index contributed by atoms with van der Waals surface area (Å²) in [6.45, 7) is 2.50. The van der Waals surface area contributed by atoms with E-state index in [-0.39, 0.29) is 11.4 Å². The molecule has 4 nitrogen and oxygen atoms in total. The summed E-state index contributed by atoms with van der Waals surface area (Å²) in [6.07, 6.45) is 0.728. The maximum atomic E-state index is 13.0. The number of anilines is 2. The summed E-state index contributed by atoms with van der Waals surface area (Å²) < 4.78 is 13.0. The highest BCUT2D eigenvalue weighted by Gasteiger charge is 2.06. The number of rotatable bonds is 5. The van der Waals surface area contributed by atoms with E-state index < -0.39 is 5.97 Å². The van der Waals surface area contributed by atoms with Crippen LogP contribution in [0.3, 0.4) is 0 Å². The molecule has 0 unspecified atom stereocenters. The first-order valence-electron chi connectivity index (χ1n) is 6.59. The Bertz CT molecular complexity index is 671. The fraction of sp³-hybridized carbons (Fsp3) is 0.188. The van der Waals surface area contributed by atoms with Gasteiger partial charge in [-0.25, -0.2) is 9.18 Å². The Labute approximate surface area is 122 Å². The van der Waals surface area contributed by atoms with E-state index in [1.807, 2.05) is 6.92 Å². The van der Waals surface area contributed by atoms with Crippen LogP contribution in [-0.4, -0.2) is 17.6 Å². The first kappa shape index (κ1) is 14.8. The lowest BCUT2D eigenvalue weighted by Gasteiger charge is -2.11. The van der Waals surface area contributed by atoms with E-state index in [1.165, 1.54) is 24.3 Å². The summed E-state index contributed by atoms with van der Waals surface area (Å²) >= 11 is 0. The molecule has 4 N–H and O–H groups in total. The smallest absolute Gasteiger partial charge is 0.335 e. The third kappa shape index (κ3) is 3.72. The molecule has 0 heterocycles.